The van der Waals surface area contributed by atoms with E-state index in [4.69, 9.17) is 4.74 Å². The van der Waals surface area contributed by atoms with Gasteiger partial charge in [-0.3, -0.25) is 4.79 Å². The van der Waals surface area contributed by atoms with Gasteiger partial charge in [-0.1, -0.05) is 13.8 Å². The zero-order chi connectivity index (χ0) is 20.6. The normalized spacial score (nSPS) is 14.0. The van der Waals surface area contributed by atoms with Gasteiger partial charge >= 0.3 is 0 Å². The molecule has 1 aromatic carbocycles. The van der Waals surface area contributed by atoms with Crippen molar-refractivity contribution in [3.8, 4) is 5.75 Å². The highest BCUT2D eigenvalue weighted by atomic mass is 16.5. The summed E-state index contributed by atoms with van der Waals surface area (Å²) in [5.74, 6) is 1.67. The number of hydrogen-bond acceptors (Lipinski definition) is 6. The molecule has 1 amide bonds. The maximum Gasteiger partial charge on any atom is 0.272 e. The molecule has 0 bridgehead atoms. The molecule has 7 nitrogen and oxygen atoms in total. The number of ether oxygens (including phenoxy) is 1. The van der Waals surface area contributed by atoms with Crippen LogP contribution in [0.1, 0.15) is 37.2 Å². The molecule has 1 saturated heterocycles. The van der Waals surface area contributed by atoms with Crippen molar-refractivity contribution in [2.45, 2.75) is 26.7 Å². The predicted molar refractivity (Wildman–Crippen MR) is 116 cm³/mol. The van der Waals surface area contributed by atoms with E-state index in [0.29, 0.717) is 18.8 Å². The van der Waals surface area contributed by atoms with Gasteiger partial charge in [-0.15, -0.1) is 0 Å². The topological polar surface area (TPSA) is 61.8 Å². The van der Waals surface area contributed by atoms with Crippen LogP contribution in [0.2, 0.25) is 0 Å². The second kappa shape index (κ2) is 10.1. The molecule has 7 heteroatoms. The standard InChI is InChI=1S/C22H31N5O2/c1-4-10-26(11-5-2)21-16-20(23-17-24-21)22(28)27-14-12-25(13-15-27)18-6-8-19(29-3)9-7-18/h6-9,16-17H,4-5,10-15H2,1-3H3. The second-order valence-corrected chi connectivity index (χ2v) is 7.23. The molecule has 0 aliphatic carbocycles. The summed E-state index contributed by atoms with van der Waals surface area (Å²) in [6, 6.07) is 9.89. The summed E-state index contributed by atoms with van der Waals surface area (Å²) < 4.78 is 5.22. The molecule has 0 unspecified atom stereocenters. The van der Waals surface area contributed by atoms with Gasteiger partial charge in [-0.25, -0.2) is 9.97 Å². The Morgan fingerprint density at radius 2 is 1.69 bits per heavy atom. The summed E-state index contributed by atoms with van der Waals surface area (Å²) in [4.78, 5) is 28.0. The summed E-state index contributed by atoms with van der Waals surface area (Å²) in [6.45, 7) is 9.12. The number of piperazine rings is 1. The van der Waals surface area contributed by atoms with Crippen LogP contribution in [0.25, 0.3) is 0 Å². The van der Waals surface area contributed by atoms with Crippen molar-refractivity contribution in [3.05, 3.63) is 42.4 Å². The first-order valence-corrected chi connectivity index (χ1v) is 10.4. The monoisotopic (exact) mass is 397 g/mol. The number of carbonyl (C=O) groups excluding carboxylic acids is 1. The summed E-state index contributed by atoms with van der Waals surface area (Å²) in [5.41, 5.74) is 1.63. The number of carbonyl (C=O) groups is 1. The maximum absolute atomic E-state index is 13.0. The van der Waals surface area contributed by atoms with Crippen LogP contribution >= 0.6 is 0 Å². The van der Waals surface area contributed by atoms with Crippen LogP contribution in [-0.4, -0.2) is 67.2 Å². The highest BCUT2D eigenvalue weighted by molar-refractivity contribution is 5.93. The first-order valence-electron chi connectivity index (χ1n) is 10.4. The van der Waals surface area contributed by atoms with Crippen molar-refractivity contribution in [1.82, 2.24) is 14.9 Å². The van der Waals surface area contributed by atoms with E-state index in [1.807, 2.05) is 23.1 Å². The average Bonchev–Trinajstić information content (AvgIpc) is 2.79. The van der Waals surface area contributed by atoms with Crippen molar-refractivity contribution < 1.29 is 9.53 Å². The number of nitrogens with zero attached hydrogens (tertiary/aromatic N) is 5. The molecule has 2 heterocycles. The minimum absolute atomic E-state index is 0.0176. The van der Waals surface area contributed by atoms with Crippen LogP contribution in [-0.2, 0) is 0 Å². The average molecular weight is 398 g/mol. The third-order valence-electron chi connectivity index (χ3n) is 5.19. The molecule has 1 aliphatic rings. The molecule has 0 atom stereocenters. The minimum Gasteiger partial charge on any atom is -0.497 e. The molecule has 0 radical (unpaired) electrons. The largest absolute Gasteiger partial charge is 0.497 e. The first kappa shape index (κ1) is 20.9. The van der Waals surface area contributed by atoms with Crippen LogP contribution < -0.4 is 14.5 Å². The van der Waals surface area contributed by atoms with E-state index in [9.17, 15) is 4.79 Å². The highest BCUT2D eigenvalue weighted by Crippen LogP contribution is 2.21. The molecule has 1 aromatic heterocycles. The number of anilines is 2. The van der Waals surface area contributed by atoms with E-state index in [-0.39, 0.29) is 5.91 Å². The van der Waals surface area contributed by atoms with Gasteiger partial charge in [0.25, 0.3) is 5.91 Å². The minimum atomic E-state index is -0.0176. The van der Waals surface area contributed by atoms with E-state index < -0.39 is 0 Å². The van der Waals surface area contributed by atoms with Gasteiger partial charge in [0.15, 0.2) is 0 Å². The van der Waals surface area contributed by atoms with Crippen molar-refractivity contribution in [2.24, 2.45) is 0 Å². The Morgan fingerprint density at radius 3 is 2.28 bits per heavy atom. The van der Waals surface area contributed by atoms with E-state index in [1.54, 1.807) is 7.11 Å². The van der Waals surface area contributed by atoms with Crippen LogP contribution in [0.3, 0.4) is 0 Å². The van der Waals surface area contributed by atoms with Gasteiger partial charge in [0.1, 0.15) is 23.6 Å². The number of methoxy groups -OCH3 is 1. The van der Waals surface area contributed by atoms with Gasteiger partial charge in [0.2, 0.25) is 0 Å². The van der Waals surface area contributed by atoms with E-state index >= 15 is 0 Å². The molecule has 1 fully saturated rings. The lowest BCUT2D eigenvalue weighted by atomic mass is 10.2. The molecule has 3 rings (SSSR count). The number of amides is 1. The summed E-state index contributed by atoms with van der Waals surface area (Å²) in [5, 5.41) is 0. The fourth-order valence-corrected chi connectivity index (χ4v) is 3.64. The molecular formula is C22H31N5O2. The van der Waals surface area contributed by atoms with Gasteiger partial charge in [0.05, 0.1) is 7.11 Å². The number of aromatic nitrogens is 2. The smallest absolute Gasteiger partial charge is 0.272 e. The zero-order valence-corrected chi connectivity index (χ0v) is 17.7. The van der Waals surface area contributed by atoms with Crippen molar-refractivity contribution in [3.63, 3.8) is 0 Å². The Labute approximate surface area is 173 Å². The quantitative estimate of drug-likeness (QED) is 0.682. The predicted octanol–water partition coefficient (Wildman–Crippen LogP) is 3.07. The number of benzene rings is 1. The molecule has 156 valence electrons. The molecule has 0 saturated carbocycles. The van der Waals surface area contributed by atoms with Crippen molar-refractivity contribution in [1.29, 1.82) is 0 Å². The Bertz CT molecular complexity index is 782. The maximum atomic E-state index is 13.0. The third kappa shape index (κ3) is 5.16. The van der Waals surface area contributed by atoms with Crippen LogP contribution in [0.5, 0.6) is 5.75 Å². The molecule has 0 N–H and O–H groups in total. The van der Waals surface area contributed by atoms with Gasteiger partial charge in [-0.05, 0) is 37.1 Å². The Hall–Kier alpha value is -2.83. The van der Waals surface area contributed by atoms with E-state index in [2.05, 4.69) is 45.7 Å². The molecular weight excluding hydrogens is 366 g/mol. The Morgan fingerprint density at radius 1 is 1.03 bits per heavy atom. The van der Waals surface area contributed by atoms with Crippen LogP contribution in [0, 0.1) is 0 Å². The fraction of sp³-hybridized carbons (Fsp3) is 0.500. The first-order chi connectivity index (χ1) is 14.2. The van der Waals surface area contributed by atoms with Crippen molar-refractivity contribution >= 4 is 17.4 Å². The van der Waals surface area contributed by atoms with E-state index in [1.165, 1.54) is 6.33 Å². The third-order valence-corrected chi connectivity index (χ3v) is 5.19. The van der Waals surface area contributed by atoms with Gasteiger partial charge in [0, 0.05) is 51.0 Å². The lowest BCUT2D eigenvalue weighted by Gasteiger charge is -2.36. The molecule has 29 heavy (non-hydrogen) atoms. The second-order valence-electron chi connectivity index (χ2n) is 7.23. The summed E-state index contributed by atoms with van der Waals surface area (Å²) in [6.07, 6.45) is 3.59. The summed E-state index contributed by atoms with van der Waals surface area (Å²) in [7, 11) is 1.67. The lowest BCUT2D eigenvalue weighted by molar-refractivity contribution is 0.0740. The highest BCUT2D eigenvalue weighted by Gasteiger charge is 2.24. The van der Waals surface area contributed by atoms with Crippen molar-refractivity contribution in [2.75, 3.05) is 56.2 Å². The number of hydrogen-bond donors (Lipinski definition) is 0. The zero-order valence-electron chi connectivity index (χ0n) is 17.7. The molecule has 1 aliphatic heterocycles. The van der Waals surface area contributed by atoms with E-state index in [0.717, 1.165) is 56.3 Å². The van der Waals surface area contributed by atoms with Gasteiger partial charge in [-0.2, -0.15) is 0 Å². The SMILES string of the molecule is CCCN(CCC)c1cc(C(=O)N2CCN(c3ccc(OC)cc3)CC2)ncn1. The molecule has 2 aromatic rings. The lowest BCUT2D eigenvalue weighted by Crippen LogP contribution is -2.49. The molecule has 0 spiro atoms. The fourth-order valence-electron chi connectivity index (χ4n) is 3.64. The van der Waals surface area contributed by atoms with Gasteiger partial charge < -0.3 is 19.4 Å². The Balaban J connectivity index is 1.63. The number of rotatable bonds is 8. The van der Waals surface area contributed by atoms with Crippen LogP contribution in [0.15, 0.2) is 36.7 Å². The van der Waals surface area contributed by atoms with Crippen LogP contribution in [0.4, 0.5) is 11.5 Å². The summed E-state index contributed by atoms with van der Waals surface area (Å²) >= 11 is 0. The Kier molecular flexibility index (Phi) is 7.27.